The lowest BCUT2D eigenvalue weighted by molar-refractivity contribution is 0.0766. The predicted octanol–water partition coefficient (Wildman–Crippen LogP) is 2.24. The van der Waals surface area contributed by atoms with Crippen LogP contribution >= 0.6 is 0 Å². The van der Waals surface area contributed by atoms with E-state index in [4.69, 9.17) is 5.73 Å². The van der Waals surface area contributed by atoms with Crippen LogP contribution in [0.25, 0.3) is 0 Å². The van der Waals surface area contributed by atoms with Crippen LogP contribution in [0.2, 0.25) is 0 Å². The second kappa shape index (κ2) is 4.42. The summed E-state index contributed by atoms with van der Waals surface area (Å²) in [5.74, 6) is 1.74. The van der Waals surface area contributed by atoms with Crippen LogP contribution in [0.15, 0.2) is 0 Å². The summed E-state index contributed by atoms with van der Waals surface area (Å²) < 4.78 is 0. The van der Waals surface area contributed by atoms with Gasteiger partial charge < -0.3 is 5.73 Å². The van der Waals surface area contributed by atoms with E-state index in [1.165, 1.54) is 45.2 Å². The van der Waals surface area contributed by atoms with Crippen molar-refractivity contribution in [3.05, 3.63) is 0 Å². The first kappa shape index (κ1) is 11.4. The number of nitrogens with two attached hydrogens (primary N) is 1. The van der Waals surface area contributed by atoms with E-state index in [0.29, 0.717) is 5.54 Å². The molecule has 0 bridgehead atoms. The van der Waals surface area contributed by atoms with Gasteiger partial charge >= 0.3 is 0 Å². The van der Waals surface area contributed by atoms with Crippen molar-refractivity contribution >= 4 is 0 Å². The van der Waals surface area contributed by atoms with Crippen LogP contribution in [0, 0.1) is 11.8 Å². The Labute approximate surface area is 94.2 Å². The number of nitrogens with zero attached hydrogens (tertiary/aromatic N) is 1. The van der Waals surface area contributed by atoms with Gasteiger partial charge in [0.2, 0.25) is 0 Å². The molecule has 2 heteroatoms. The molecule has 3 atom stereocenters. The van der Waals surface area contributed by atoms with Gasteiger partial charge in [-0.15, -0.1) is 0 Å². The molecule has 2 nitrogen and oxygen atoms in total. The molecular weight excluding hydrogens is 184 g/mol. The van der Waals surface area contributed by atoms with Gasteiger partial charge in [-0.25, -0.2) is 0 Å². The standard InChI is InChI=1S/C13H26N2/c1-3-12-5-4-7-13(12,10-14)15-8-6-11(2)9-15/h11-12H,3-10,14H2,1-2H3. The van der Waals surface area contributed by atoms with Crippen LogP contribution in [-0.2, 0) is 0 Å². The van der Waals surface area contributed by atoms with Crippen molar-refractivity contribution in [3.63, 3.8) is 0 Å². The Morgan fingerprint density at radius 1 is 1.40 bits per heavy atom. The van der Waals surface area contributed by atoms with Gasteiger partial charge in [-0.1, -0.05) is 26.7 Å². The highest BCUT2D eigenvalue weighted by atomic mass is 15.2. The molecule has 0 aromatic carbocycles. The van der Waals surface area contributed by atoms with Gasteiger partial charge in [0.15, 0.2) is 0 Å². The summed E-state index contributed by atoms with van der Waals surface area (Å²) in [4.78, 5) is 2.72. The molecule has 0 aromatic rings. The zero-order valence-electron chi connectivity index (χ0n) is 10.3. The van der Waals surface area contributed by atoms with Crippen molar-refractivity contribution in [3.8, 4) is 0 Å². The molecule has 3 unspecified atom stereocenters. The SMILES string of the molecule is CCC1CCCC1(CN)N1CCC(C)C1. The summed E-state index contributed by atoms with van der Waals surface area (Å²) in [7, 11) is 0. The first-order valence-corrected chi connectivity index (χ1v) is 6.68. The van der Waals surface area contributed by atoms with Gasteiger partial charge in [0.05, 0.1) is 0 Å². The average molecular weight is 210 g/mol. The molecule has 0 radical (unpaired) electrons. The third-order valence-electron chi connectivity index (χ3n) is 4.82. The Morgan fingerprint density at radius 2 is 2.20 bits per heavy atom. The normalized spacial score (nSPS) is 42.6. The fraction of sp³-hybridized carbons (Fsp3) is 1.00. The number of rotatable bonds is 3. The van der Waals surface area contributed by atoms with E-state index in [1.807, 2.05) is 0 Å². The maximum absolute atomic E-state index is 6.12. The van der Waals surface area contributed by atoms with E-state index in [1.54, 1.807) is 0 Å². The molecule has 1 aliphatic carbocycles. The Hall–Kier alpha value is -0.0800. The largest absolute Gasteiger partial charge is 0.329 e. The number of likely N-dealkylation sites (tertiary alicyclic amines) is 1. The zero-order valence-corrected chi connectivity index (χ0v) is 10.3. The van der Waals surface area contributed by atoms with Crippen molar-refractivity contribution in [2.45, 2.75) is 51.5 Å². The molecule has 1 saturated heterocycles. The van der Waals surface area contributed by atoms with Crippen LogP contribution in [0.1, 0.15) is 46.0 Å². The maximum Gasteiger partial charge on any atom is 0.0359 e. The molecule has 88 valence electrons. The second-order valence-electron chi connectivity index (χ2n) is 5.64. The summed E-state index contributed by atoms with van der Waals surface area (Å²) in [6, 6.07) is 0. The Bertz CT molecular complexity index is 217. The molecule has 0 spiro atoms. The molecule has 2 fully saturated rings. The maximum atomic E-state index is 6.12. The van der Waals surface area contributed by atoms with Gasteiger partial charge in [-0.05, 0) is 37.6 Å². The summed E-state index contributed by atoms with van der Waals surface area (Å²) in [6.45, 7) is 8.15. The first-order valence-electron chi connectivity index (χ1n) is 6.68. The van der Waals surface area contributed by atoms with Gasteiger partial charge in [0.25, 0.3) is 0 Å². The third-order valence-corrected chi connectivity index (χ3v) is 4.82. The molecule has 1 saturated carbocycles. The quantitative estimate of drug-likeness (QED) is 0.774. The van der Waals surface area contributed by atoms with Crippen molar-refractivity contribution in [2.24, 2.45) is 17.6 Å². The smallest absolute Gasteiger partial charge is 0.0359 e. The van der Waals surface area contributed by atoms with E-state index in [2.05, 4.69) is 18.7 Å². The van der Waals surface area contributed by atoms with Crippen LogP contribution in [0.4, 0.5) is 0 Å². The monoisotopic (exact) mass is 210 g/mol. The average Bonchev–Trinajstić information content (AvgIpc) is 2.83. The Balaban J connectivity index is 2.13. The summed E-state index contributed by atoms with van der Waals surface area (Å²) >= 11 is 0. The highest BCUT2D eigenvalue weighted by molar-refractivity contribution is 5.03. The van der Waals surface area contributed by atoms with E-state index in [9.17, 15) is 0 Å². The molecule has 0 amide bonds. The summed E-state index contributed by atoms with van der Waals surface area (Å²) in [5, 5.41) is 0. The molecule has 2 N–H and O–H groups in total. The van der Waals surface area contributed by atoms with E-state index in [0.717, 1.165) is 18.4 Å². The highest BCUT2D eigenvalue weighted by Gasteiger charge is 2.46. The van der Waals surface area contributed by atoms with E-state index >= 15 is 0 Å². The lowest BCUT2D eigenvalue weighted by Gasteiger charge is -2.43. The summed E-state index contributed by atoms with van der Waals surface area (Å²) in [6.07, 6.45) is 6.81. The van der Waals surface area contributed by atoms with Crippen molar-refractivity contribution in [1.82, 2.24) is 4.90 Å². The molecular formula is C13H26N2. The lowest BCUT2D eigenvalue weighted by atomic mass is 9.83. The minimum absolute atomic E-state index is 0.375. The minimum atomic E-state index is 0.375. The molecule has 1 heterocycles. The zero-order chi connectivity index (χ0) is 10.9. The molecule has 1 aliphatic heterocycles. The molecule has 15 heavy (non-hydrogen) atoms. The molecule has 0 aromatic heterocycles. The topological polar surface area (TPSA) is 29.3 Å². The third kappa shape index (κ3) is 1.83. The van der Waals surface area contributed by atoms with E-state index in [-0.39, 0.29) is 0 Å². The minimum Gasteiger partial charge on any atom is -0.329 e. The van der Waals surface area contributed by atoms with Crippen molar-refractivity contribution in [1.29, 1.82) is 0 Å². The molecule has 2 rings (SSSR count). The number of hydrogen-bond acceptors (Lipinski definition) is 2. The summed E-state index contributed by atoms with van der Waals surface area (Å²) in [5.41, 5.74) is 6.49. The fourth-order valence-corrected chi connectivity index (χ4v) is 3.87. The highest BCUT2D eigenvalue weighted by Crippen LogP contribution is 2.43. The first-order chi connectivity index (χ1) is 7.23. The lowest BCUT2D eigenvalue weighted by Crippen LogP contribution is -2.55. The van der Waals surface area contributed by atoms with Crippen LogP contribution < -0.4 is 5.73 Å². The fourth-order valence-electron chi connectivity index (χ4n) is 3.87. The van der Waals surface area contributed by atoms with Gasteiger partial charge in [-0.2, -0.15) is 0 Å². The van der Waals surface area contributed by atoms with E-state index < -0.39 is 0 Å². The number of hydrogen-bond donors (Lipinski definition) is 1. The van der Waals surface area contributed by atoms with Crippen LogP contribution in [0.5, 0.6) is 0 Å². The predicted molar refractivity (Wildman–Crippen MR) is 64.8 cm³/mol. The van der Waals surface area contributed by atoms with Crippen molar-refractivity contribution in [2.75, 3.05) is 19.6 Å². The van der Waals surface area contributed by atoms with Gasteiger partial charge in [0.1, 0.15) is 0 Å². The van der Waals surface area contributed by atoms with Crippen molar-refractivity contribution < 1.29 is 0 Å². The van der Waals surface area contributed by atoms with Crippen LogP contribution in [-0.4, -0.2) is 30.1 Å². The molecule has 2 aliphatic rings. The Morgan fingerprint density at radius 3 is 2.73 bits per heavy atom. The second-order valence-corrected chi connectivity index (χ2v) is 5.64. The van der Waals surface area contributed by atoms with Crippen LogP contribution in [0.3, 0.4) is 0 Å². The Kier molecular flexibility index (Phi) is 3.36. The van der Waals surface area contributed by atoms with Gasteiger partial charge in [-0.3, -0.25) is 4.90 Å². The van der Waals surface area contributed by atoms with Gasteiger partial charge in [0, 0.05) is 18.6 Å².